The molecule has 0 aromatic heterocycles. The average Bonchev–Trinajstić information content (AvgIpc) is 3.48. The highest BCUT2D eigenvalue weighted by molar-refractivity contribution is 8.00. The summed E-state index contributed by atoms with van der Waals surface area (Å²) in [5.41, 5.74) is 7.55. The molecule has 2 aromatic rings. The molecule has 43 heavy (non-hydrogen) atoms. The smallest absolute Gasteiger partial charge is 0.253 e. The van der Waals surface area contributed by atoms with Crippen molar-refractivity contribution in [3.8, 4) is 0 Å². The number of ether oxygens (including phenoxy) is 1. The van der Waals surface area contributed by atoms with Crippen molar-refractivity contribution in [3.05, 3.63) is 65.0 Å². The predicted molar refractivity (Wildman–Crippen MR) is 159 cm³/mol. The van der Waals surface area contributed by atoms with Crippen LogP contribution in [0.4, 0.5) is 18.9 Å². The number of nitrogens with one attached hydrogen (secondary N) is 2. The molecule has 2 aromatic carbocycles. The molecule has 3 atom stereocenters. The molecule has 234 valence electrons. The Bertz CT molecular complexity index is 1290. The lowest BCUT2D eigenvalue weighted by molar-refractivity contribution is -0.137. The van der Waals surface area contributed by atoms with Gasteiger partial charge in [-0.1, -0.05) is 26.0 Å². The molecule has 0 radical (unpaired) electrons. The molecule has 4 N–H and O–H groups in total. The number of amides is 3. The van der Waals surface area contributed by atoms with Gasteiger partial charge in [0.25, 0.3) is 5.91 Å². The molecule has 0 bridgehead atoms. The van der Waals surface area contributed by atoms with Crippen LogP contribution < -0.4 is 16.4 Å². The quantitative estimate of drug-likeness (QED) is 0.331. The van der Waals surface area contributed by atoms with Crippen molar-refractivity contribution in [1.82, 2.24) is 15.1 Å². The second kappa shape index (κ2) is 14.9. The largest absolute Gasteiger partial charge is 0.378 e. The van der Waals surface area contributed by atoms with Crippen LogP contribution >= 0.6 is 11.8 Å². The van der Waals surface area contributed by atoms with Gasteiger partial charge < -0.3 is 30.9 Å². The third kappa shape index (κ3) is 8.64. The summed E-state index contributed by atoms with van der Waals surface area (Å²) in [6.45, 7) is 6.82. The molecule has 2 aliphatic heterocycles. The van der Waals surface area contributed by atoms with E-state index in [0.29, 0.717) is 44.7 Å². The first-order valence-electron chi connectivity index (χ1n) is 14.3. The van der Waals surface area contributed by atoms with E-state index in [1.54, 1.807) is 0 Å². The van der Waals surface area contributed by atoms with Gasteiger partial charge >= 0.3 is 0 Å². The Morgan fingerprint density at radius 3 is 2.37 bits per heavy atom. The lowest BCUT2D eigenvalue weighted by Crippen LogP contribution is -2.49. The Labute approximate surface area is 253 Å². The normalized spacial score (nSPS) is 18.4. The summed E-state index contributed by atoms with van der Waals surface area (Å²) in [6, 6.07) is 7.43. The second-order valence-corrected chi connectivity index (χ2v) is 12.2. The lowest BCUT2D eigenvalue weighted by Gasteiger charge is -2.32. The van der Waals surface area contributed by atoms with Gasteiger partial charge in [-0.25, -0.2) is 13.2 Å². The maximum Gasteiger partial charge on any atom is 0.253 e. The van der Waals surface area contributed by atoms with E-state index in [1.807, 2.05) is 43.0 Å². The molecular formula is C30H38F3N5O4S. The lowest BCUT2D eigenvalue weighted by atomic mass is 10.0. The highest BCUT2D eigenvalue weighted by Gasteiger charge is 2.35. The third-order valence-corrected chi connectivity index (χ3v) is 8.64. The van der Waals surface area contributed by atoms with Gasteiger partial charge in [0.1, 0.15) is 11.9 Å². The number of nitrogens with zero attached hydrogens (tertiary/aromatic N) is 2. The Balaban J connectivity index is 1.27. The van der Waals surface area contributed by atoms with Crippen LogP contribution in [0.3, 0.4) is 0 Å². The number of rotatable bonds is 11. The maximum atomic E-state index is 14.0. The van der Waals surface area contributed by atoms with E-state index in [0.717, 1.165) is 17.3 Å². The van der Waals surface area contributed by atoms with Crippen molar-refractivity contribution >= 4 is 35.2 Å². The minimum absolute atomic E-state index is 0.0419. The molecule has 2 fully saturated rings. The van der Waals surface area contributed by atoms with Crippen LogP contribution in [0.15, 0.2) is 36.4 Å². The van der Waals surface area contributed by atoms with Crippen LogP contribution in [0, 0.1) is 23.4 Å². The van der Waals surface area contributed by atoms with E-state index in [9.17, 15) is 27.6 Å². The summed E-state index contributed by atoms with van der Waals surface area (Å²) in [4.78, 5) is 42.2. The first-order valence-corrected chi connectivity index (χ1v) is 15.4. The first-order chi connectivity index (χ1) is 20.5. The monoisotopic (exact) mass is 621 g/mol. The van der Waals surface area contributed by atoms with Gasteiger partial charge in [0.05, 0.1) is 13.2 Å². The van der Waals surface area contributed by atoms with Crippen LogP contribution in [0.25, 0.3) is 0 Å². The van der Waals surface area contributed by atoms with Crippen molar-refractivity contribution in [2.75, 3.05) is 43.9 Å². The fraction of sp³-hybridized carbons (Fsp3) is 0.500. The standard InChI is InChI=1S/C30H38F3N5O4S/c1-18(2)27(29(41)37-7-10-42-11-8-37)36-22-5-3-19(4-6-22)17-35-28(40)30-38(9-12-43-30)26(39)15-21(34)13-20-14-24(32)25(33)16-23(20)31/h3-6,14,16,18,21,27,30,36H,7-13,15,17,34H2,1-2H3,(H,35,40)/t21?,27?,30-/m0/s1. The van der Waals surface area contributed by atoms with Gasteiger partial charge in [0, 0.05) is 56.1 Å². The van der Waals surface area contributed by atoms with E-state index >= 15 is 0 Å². The van der Waals surface area contributed by atoms with Gasteiger partial charge in [-0.2, -0.15) is 0 Å². The topological polar surface area (TPSA) is 117 Å². The summed E-state index contributed by atoms with van der Waals surface area (Å²) in [5, 5.41) is 5.47. The summed E-state index contributed by atoms with van der Waals surface area (Å²) in [6.07, 6.45) is -0.334. The number of hydrogen-bond acceptors (Lipinski definition) is 7. The first kappa shape index (κ1) is 32.6. The van der Waals surface area contributed by atoms with Gasteiger partial charge in [-0.15, -0.1) is 11.8 Å². The van der Waals surface area contributed by atoms with E-state index in [2.05, 4.69) is 10.6 Å². The number of thioether (sulfide) groups is 1. The highest BCUT2D eigenvalue weighted by atomic mass is 32.2. The molecule has 13 heteroatoms. The SMILES string of the molecule is CC(C)C(Nc1ccc(CNC(=O)[C@@H]2SCCN2C(=O)CC(N)Cc2cc(F)c(F)cc2F)cc1)C(=O)N1CCOCC1. The number of carbonyl (C=O) groups is 3. The number of hydrogen-bond donors (Lipinski definition) is 3. The zero-order valence-corrected chi connectivity index (χ0v) is 25.1. The van der Waals surface area contributed by atoms with E-state index in [4.69, 9.17) is 10.5 Å². The number of benzene rings is 2. The predicted octanol–water partition coefficient (Wildman–Crippen LogP) is 2.88. The van der Waals surface area contributed by atoms with Crippen molar-refractivity contribution in [2.45, 2.75) is 50.7 Å². The molecule has 2 aliphatic rings. The van der Waals surface area contributed by atoms with Crippen molar-refractivity contribution < 1.29 is 32.3 Å². The summed E-state index contributed by atoms with van der Waals surface area (Å²) >= 11 is 1.33. The number of halogens is 3. The van der Waals surface area contributed by atoms with Crippen molar-refractivity contribution in [3.63, 3.8) is 0 Å². The minimum Gasteiger partial charge on any atom is -0.378 e. The van der Waals surface area contributed by atoms with Crippen LogP contribution in [0.2, 0.25) is 0 Å². The number of anilines is 1. The van der Waals surface area contributed by atoms with Gasteiger partial charge in [-0.3, -0.25) is 14.4 Å². The Hall–Kier alpha value is -3.29. The molecule has 0 saturated carbocycles. The number of nitrogens with two attached hydrogens (primary N) is 1. The summed E-state index contributed by atoms with van der Waals surface area (Å²) < 4.78 is 46.1. The zero-order valence-electron chi connectivity index (χ0n) is 24.3. The van der Waals surface area contributed by atoms with E-state index in [-0.39, 0.29) is 54.6 Å². The fourth-order valence-electron chi connectivity index (χ4n) is 5.03. The fourth-order valence-corrected chi connectivity index (χ4v) is 6.19. The van der Waals surface area contributed by atoms with Gasteiger partial charge in [0.2, 0.25) is 11.8 Å². The molecular weight excluding hydrogens is 583 g/mol. The Morgan fingerprint density at radius 2 is 1.70 bits per heavy atom. The second-order valence-electron chi connectivity index (χ2n) is 11.1. The van der Waals surface area contributed by atoms with Crippen LogP contribution in [0.1, 0.15) is 31.4 Å². The molecule has 9 nitrogen and oxygen atoms in total. The molecule has 0 spiro atoms. The highest BCUT2D eigenvalue weighted by Crippen LogP contribution is 2.26. The van der Waals surface area contributed by atoms with Crippen LogP contribution in [-0.4, -0.2) is 83.6 Å². The molecule has 0 aliphatic carbocycles. The molecule has 3 amide bonds. The molecule has 2 heterocycles. The number of morpholine rings is 1. The molecule has 4 rings (SSSR count). The van der Waals surface area contributed by atoms with Crippen LogP contribution in [0.5, 0.6) is 0 Å². The number of carbonyl (C=O) groups excluding carboxylic acids is 3. The molecule has 2 saturated heterocycles. The average molecular weight is 622 g/mol. The summed E-state index contributed by atoms with van der Waals surface area (Å²) in [5.74, 6) is -3.43. The van der Waals surface area contributed by atoms with Gasteiger partial charge in [0.15, 0.2) is 17.0 Å². The Morgan fingerprint density at radius 1 is 1.02 bits per heavy atom. The van der Waals surface area contributed by atoms with Crippen molar-refractivity contribution in [2.24, 2.45) is 11.7 Å². The van der Waals surface area contributed by atoms with E-state index < -0.39 is 28.9 Å². The Kier molecular flexibility index (Phi) is 11.3. The minimum atomic E-state index is -1.29. The summed E-state index contributed by atoms with van der Waals surface area (Å²) in [7, 11) is 0. The zero-order chi connectivity index (χ0) is 31.1. The maximum absolute atomic E-state index is 14.0. The van der Waals surface area contributed by atoms with E-state index in [1.165, 1.54) is 16.7 Å². The third-order valence-electron chi connectivity index (χ3n) is 7.44. The van der Waals surface area contributed by atoms with Crippen LogP contribution in [-0.2, 0) is 32.1 Å². The van der Waals surface area contributed by atoms with Crippen molar-refractivity contribution in [1.29, 1.82) is 0 Å². The van der Waals surface area contributed by atoms with Gasteiger partial charge in [-0.05, 0) is 41.7 Å². The molecule has 2 unspecified atom stereocenters.